The van der Waals surface area contributed by atoms with Gasteiger partial charge in [-0.1, -0.05) is 55.5 Å². The molecule has 2 aromatic rings. The number of carboxylic acid groups (broad SMARTS) is 1. The molecule has 0 aromatic heterocycles. The maximum Gasteiger partial charge on any atom is 0.407 e. The van der Waals surface area contributed by atoms with Crippen molar-refractivity contribution in [2.75, 3.05) is 19.8 Å². The molecule has 0 radical (unpaired) electrons. The minimum absolute atomic E-state index is 0.0638. The third-order valence-corrected chi connectivity index (χ3v) is 6.60. The number of alkyl carbamates (subject to hydrolysis) is 1. The predicted molar refractivity (Wildman–Crippen MR) is 125 cm³/mol. The lowest BCUT2D eigenvalue weighted by atomic mass is 9.92. The summed E-state index contributed by atoms with van der Waals surface area (Å²) in [5.41, 5.74) is 4.52. The lowest BCUT2D eigenvalue weighted by molar-refractivity contribution is -0.140. The summed E-state index contributed by atoms with van der Waals surface area (Å²) in [5.74, 6) is -1.65. The third kappa shape index (κ3) is 5.22. The van der Waals surface area contributed by atoms with Gasteiger partial charge in [0.05, 0.1) is 13.0 Å². The summed E-state index contributed by atoms with van der Waals surface area (Å²) in [4.78, 5) is 36.5. The van der Waals surface area contributed by atoms with Crippen molar-refractivity contribution in [1.29, 1.82) is 0 Å². The Labute approximate surface area is 198 Å². The van der Waals surface area contributed by atoms with E-state index in [4.69, 9.17) is 14.6 Å². The molecule has 1 saturated heterocycles. The van der Waals surface area contributed by atoms with Crippen LogP contribution in [0.15, 0.2) is 48.5 Å². The molecule has 2 aromatic carbocycles. The Morgan fingerprint density at radius 2 is 1.74 bits per heavy atom. The Bertz CT molecular complexity index is 1010. The normalized spacial score (nSPS) is 20.0. The van der Waals surface area contributed by atoms with E-state index in [-0.39, 0.29) is 43.4 Å². The lowest BCUT2D eigenvalue weighted by Crippen LogP contribution is -2.53. The van der Waals surface area contributed by atoms with E-state index in [0.717, 1.165) is 22.3 Å². The summed E-state index contributed by atoms with van der Waals surface area (Å²) in [6, 6.07) is 15.1. The second kappa shape index (κ2) is 10.7. The Hall–Kier alpha value is -3.39. The first kappa shape index (κ1) is 23.8. The molecule has 1 aliphatic carbocycles. The van der Waals surface area contributed by atoms with Gasteiger partial charge < -0.3 is 25.2 Å². The molecule has 34 heavy (non-hydrogen) atoms. The van der Waals surface area contributed by atoms with Crippen molar-refractivity contribution in [3.63, 3.8) is 0 Å². The van der Waals surface area contributed by atoms with Crippen LogP contribution in [0.5, 0.6) is 0 Å². The Morgan fingerprint density at radius 3 is 2.35 bits per heavy atom. The zero-order valence-electron chi connectivity index (χ0n) is 19.2. The van der Waals surface area contributed by atoms with Crippen LogP contribution < -0.4 is 10.6 Å². The number of amides is 2. The number of ether oxygens (including phenoxy) is 2. The van der Waals surface area contributed by atoms with Gasteiger partial charge in [-0.25, -0.2) is 4.79 Å². The summed E-state index contributed by atoms with van der Waals surface area (Å²) in [6.45, 7) is 2.71. The first-order valence-electron chi connectivity index (χ1n) is 11.7. The van der Waals surface area contributed by atoms with E-state index in [0.29, 0.717) is 19.4 Å². The molecule has 0 saturated carbocycles. The monoisotopic (exact) mass is 466 g/mol. The number of hydrogen-bond acceptors (Lipinski definition) is 5. The Morgan fingerprint density at radius 1 is 1.09 bits per heavy atom. The van der Waals surface area contributed by atoms with Gasteiger partial charge in [-0.05, 0) is 35.1 Å². The number of nitrogens with one attached hydrogen (secondary N) is 2. The van der Waals surface area contributed by atoms with Crippen molar-refractivity contribution in [2.24, 2.45) is 5.92 Å². The second-order valence-corrected chi connectivity index (χ2v) is 8.77. The van der Waals surface area contributed by atoms with E-state index >= 15 is 0 Å². The average Bonchev–Trinajstić information content (AvgIpc) is 3.16. The van der Waals surface area contributed by atoms with Gasteiger partial charge in [-0.15, -0.1) is 0 Å². The maximum absolute atomic E-state index is 12.8. The molecule has 4 rings (SSSR count). The molecule has 0 spiro atoms. The quantitative estimate of drug-likeness (QED) is 0.550. The average molecular weight is 467 g/mol. The molecule has 0 bridgehead atoms. The molecule has 1 fully saturated rings. The number of benzene rings is 2. The van der Waals surface area contributed by atoms with Crippen molar-refractivity contribution < 1.29 is 29.0 Å². The number of carbonyl (C=O) groups excluding carboxylic acids is 2. The molecule has 2 aliphatic rings. The maximum atomic E-state index is 12.8. The molecule has 8 heteroatoms. The standard InChI is InChI=1S/C26H30N2O6/c1-2-22(25(31)27-23-11-12-33-14-16(23)13-24(29)30)28-26(32)34-15-21-19-9-5-3-7-17(19)18-8-4-6-10-20(18)21/h3-10,16,21-23H,2,11-15H2,1H3,(H,27,31)(H,28,32)(H,29,30)/t16?,22-,23?/m1/s1. The van der Waals surface area contributed by atoms with E-state index in [9.17, 15) is 14.4 Å². The number of fused-ring (bicyclic) bond motifs is 3. The van der Waals surface area contributed by atoms with Crippen LogP contribution in [0.4, 0.5) is 4.79 Å². The highest BCUT2D eigenvalue weighted by atomic mass is 16.5. The minimum atomic E-state index is -0.932. The highest BCUT2D eigenvalue weighted by molar-refractivity contribution is 5.86. The van der Waals surface area contributed by atoms with Crippen LogP contribution in [0.3, 0.4) is 0 Å². The summed E-state index contributed by atoms with van der Waals surface area (Å²) < 4.78 is 10.9. The van der Waals surface area contributed by atoms with Crippen molar-refractivity contribution in [2.45, 2.75) is 44.2 Å². The highest BCUT2D eigenvalue weighted by Gasteiger charge is 2.32. The fourth-order valence-corrected chi connectivity index (χ4v) is 4.83. The molecule has 180 valence electrons. The first-order chi connectivity index (χ1) is 16.5. The van der Waals surface area contributed by atoms with Gasteiger partial charge in [0, 0.05) is 24.5 Å². The SMILES string of the molecule is CC[C@@H](NC(=O)OCC1c2ccccc2-c2ccccc21)C(=O)NC1CCOCC1CC(=O)O. The molecule has 2 amide bonds. The second-order valence-electron chi connectivity index (χ2n) is 8.77. The predicted octanol–water partition coefficient (Wildman–Crippen LogP) is 3.30. The lowest BCUT2D eigenvalue weighted by Gasteiger charge is -2.32. The fourth-order valence-electron chi connectivity index (χ4n) is 4.83. The number of aliphatic carboxylic acids is 1. The van der Waals surface area contributed by atoms with Crippen molar-refractivity contribution in [3.05, 3.63) is 59.7 Å². The zero-order chi connectivity index (χ0) is 24.1. The van der Waals surface area contributed by atoms with Crippen molar-refractivity contribution >= 4 is 18.0 Å². The summed E-state index contributed by atoms with van der Waals surface area (Å²) in [7, 11) is 0. The van der Waals surface area contributed by atoms with Gasteiger partial charge in [-0.2, -0.15) is 0 Å². The molecular formula is C26H30N2O6. The largest absolute Gasteiger partial charge is 0.481 e. The van der Waals surface area contributed by atoms with Gasteiger partial charge >= 0.3 is 12.1 Å². The molecular weight excluding hydrogens is 436 g/mol. The summed E-state index contributed by atoms with van der Waals surface area (Å²) in [5, 5.41) is 14.7. The molecule has 8 nitrogen and oxygen atoms in total. The number of carboxylic acids is 1. The summed E-state index contributed by atoms with van der Waals surface area (Å²) in [6.07, 6.45) is 0.174. The van der Waals surface area contributed by atoms with Gasteiger partial charge in [0.15, 0.2) is 0 Å². The molecule has 1 aliphatic heterocycles. The Balaban J connectivity index is 1.35. The molecule has 3 N–H and O–H groups in total. The van der Waals surface area contributed by atoms with Gasteiger partial charge in [-0.3, -0.25) is 9.59 Å². The van der Waals surface area contributed by atoms with Crippen LogP contribution in [0.25, 0.3) is 11.1 Å². The number of carbonyl (C=O) groups is 3. The van der Waals surface area contributed by atoms with Crippen LogP contribution in [0.1, 0.15) is 43.2 Å². The van der Waals surface area contributed by atoms with Crippen molar-refractivity contribution in [3.8, 4) is 11.1 Å². The zero-order valence-corrected chi connectivity index (χ0v) is 19.2. The fraction of sp³-hybridized carbons (Fsp3) is 0.423. The van der Waals surface area contributed by atoms with Crippen LogP contribution in [0.2, 0.25) is 0 Å². The molecule has 3 atom stereocenters. The topological polar surface area (TPSA) is 114 Å². The number of rotatable bonds is 8. The molecule has 1 heterocycles. The van der Waals surface area contributed by atoms with Crippen LogP contribution in [0, 0.1) is 5.92 Å². The highest BCUT2D eigenvalue weighted by Crippen LogP contribution is 2.44. The van der Waals surface area contributed by atoms with Gasteiger partial charge in [0.1, 0.15) is 12.6 Å². The molecule has 2 unspecified atom stereocenters. The van der Waals surface area contributed by atoms with Gasteiger partial charge in [0.25, 0.3) is 0 Å². The number of hydrogen-bond donors (Lipinski definition) is 3. The van der Waals surface area contributed by atoms with Crippen LogP contribution in [-0.2, 0) is 19.1 Å². The minimum Gasteiger partial charge on any atom is -0.481 e. The summed E-state index contributed by atoms with van der Waals surface area (Å²) >= 11 is 0. The smallest absolute Gasteiger partial charge is 0.407 e. The van der Waals surface area contributed by atoms with E-state index in [1.54, 1.807) is 6.92 Å². The first-order valence-corrected chi connectivity index (χ1v) is 11.7. The van der Waals surface area contributed by atoms with E-state index in [1.165, 1.54) is 0 Å². The van der Waals surface area contributed by atoms with Crippen LogP contribution >= 0.6 is 0 Å². The van der Waals surface area contributed by atoms with E-state index in [2.05, 4.69) is 22.8 Å². The van der Waals surface area contributed by atoms with Gasteiger partial charge in [0.2, 0.25) is 5.91 Å². The van der Waals surface area contributed by atoms with E-state index in [1.807, 2.05) is 36.4 Å². The third-order valence-electron chi connectivity index (χ3n) is 6.60. The van der Waals surface area contributed by atoms with Crippen LogP contribution in [-0.4, -0.2) is 55.0 Å². The van der Waals surface area contributed by atoms with Crippen molar-refractivity contribution in [1.82, 2.24) is 10.6 Å². The van der Waals surface area contributed by atoms with E-state index < -0.39 is 18.1 Å². The Kier molecular flexibility index (Phi) is 7.47.